The summed E-state index contributed by atoms with van der Waals surface area (Å²) in [5, 5.41) is 0. The average molecular weight is 250 g/mol. The van der Waals surface area contributed by atoms with Gasteiger partial charge in [-0.1, -0.05) is 58.9 Å². The maximum absolute atomic E-state index is 5.28. The Kier molecular flexibility index (Phi) is 8.74. The van der Waals surface area contributed by atoms with Gasteiger partial charge < -0.3 is 4.74 Å². The molecule has 0 saturated carbocycles. The van der Waals surface area contributed by atoms with E-state index in [2.05, 4.69) is 46.9 Å². The predicted molar refractivity (Wildman–Crippen MR) is 81.8 cm³/mol. The van der Waals surface area contributed by atoms with Gasteiger partial charge in [0.15, 0.2) is 0 Å². The summed E-state index contributed by atoms with van der Waals surface area (Å²) in [7, 11) is 1.73. The second-order valence-electron chi connectivity index (χ2n) is 5.51. The van der Waals surface area contributed by atoms with Crippen LogP contribution >= 0.6 is 0 Å². The highest BCUT2D eigenvalue weighted by Gasteiger charge is 2.12. The number of allylic oxidation sites excluding steroid dienone is 2. The molecule has 18 heavy (non-hydrogen) atoms. The van der Waals surface area contributed by atoms with Crippen LogP contribution in [0, 0.1) is 11.8 Å². The van der Waals surface area contributed by atoms with Gasteiger partial charge in [-0.3, -0.25) is 0 Å². The van der Waals surface area contributed by atoms with Gasteiger partial charge >= 0.3 is 0 Å². The molecule has 1 heteroatoms. The third-order valence-corrected chi connectivity index (χ3v) is 3.32. The fourth-order valence-electron chi connectivity index (χ4n) is 1.81. The molecule has 0 saturated heterocycles. The van der Waals surface area contributed by atoms with Crippen molar-refractivity contribution in [3.63, 3.8) is 0 Å². The Balaban J connectivity index is 4.65. The van der Waals surface area contributed by atoms with Crippen LogP contribution in [0.5, 0.6) is 0 Å². The largest absolute Gasteiger partial charge is 0.380 e. The highest BCUT2D eigenvalue weighted by atomic mass is 16.5. The van der Waals surface area contributed by atoms with E-state index in [-0.39, 0.29) is 0 Å². The summed E-state index contributed by atoms with van der Waals surface area (Å²) < 4.78 is 5.28. The molecular formula is C17H30O. The van der Waals surface area contributed by atoms with Crippen molar-refractivity contribution in [2.24, 2.45) is 11.8 Å². The second-order valence-corrected chi connectivity index (χ2v) is 5.51. The summed E-state index contributed by atoms with van der Waals surface area (Å²) in [6, 6.07) is 0. The van der Waals surface area contributed by atoms with Crippen LogP contribution in [0.15, 0.2) is 36.0 Å². The second kappa shape index (κ2) is 9.16. The summed E-state index contributed by atoms with van der Waals surface area (Å²) in [6.45, 7) is 17.8. The van der Waals surface area contributed by atoms with Gasteiger partial charge in [-0.05, 0) is 35.8 Å². The van der Waals surface area contributed by atoms with Crippen LogP contribution in [0.4, 0.5) is 0 Å². The Morgan fingerprint density at radius 2 is 1.78 bits per heavy atom. The molecule has 0 rings (SSSR count). The van der Waals surface area contributed by atoms with Crippen LogP contribution in [0.25, 0.3) is 0 Å². The molecule has 0 fully saturated rings. The molecule has 0 N–H and O–H groups in total. The average Bonchev–Trinajstić information content (AvgIpc) is 2.34. The third kappa shape index (κ3) is 6.80. The lowest BCUT2D eigenvalue weighted by Crippen LogP contribution is -2.07. The highest BCUT2D eigenvalue weighted by Crippen LogP contribution is 2.25. The standard InChI is InChI=1S/C17H30O/c1-8-14(4)11-17(12-18-7)16(6)15(5)10-9-13(2)3/h11,13,15H,4,6,8-10,12H2,1-3,5,7H3/b17-11-. The molecule has 1 atom stereocenters. The Labute approximate surface area is 114 Å². The molecule has 0 aliphatic carbocycles. The molecule has 1 nitrogen and oxygen atoms in total. The Morgan fingerprint density at radius 1 is 1.17 bits per heavy atom. The van der Waals surface area contributed by atoms with E-state index in [0.717, 1.165) is 17.9 Å². The van der Waals surface area contributed by atoms with Gasteiger partial charge in [0.1, 0.15) is 0 Å². The molecule has 0 spiro atoms. The molecular weight excluding hydrogens is 220 g/mol. The lowest BCUT2D eigenvalue weighted by molar-refractivity contribution is 0.226. The van der Waals surface area contributed by atoms with Crippen LogP contribution in [0.3, 0.4) is 0 Å². The van der Waals surface area contributed by atoms with E-state index < -0.39 is 0 Å². The van der Waals surface area contributed by atoms with Crippen molar-refractivity contribution in [3.8, 4) is 0 Å². The monoisotopic (exact) mass is 250 g/mol. The van der Waals surface area contributed by atoms with E-state index >= 15 is 0 Å². The minimum atomic E-state index is 0.512. The topological polar surface area (TPSA) is 9.23 Å². The lowest BCUT2D eigenvalue weighted by atomic mass is 9.88. The van der Waals surface area contributed by atoms with E-state index in [9.17, 15) is 0 Å². The first kappa shape index (κ1) is 17.2. The minimum absolute atomic E-state index is 0.512. The van der Waals surface area contributed by atoms with E-state index in [1.54, 1.807) is 7.11 Å². The molecule has 0 aromatic rings. The van der Waals surface area contributed by atoms with Gasteiger partial charge in [-0.15, -0.1) is 0 Å². The zero-order valence-corrected chi connectivity index (χ0v) is 12.9. The lowest BCUT2D eigenvalue weighted by Gasteiger charge is -2.19. The van der Waals surface area contributed by atoms with E-state index in [1.165, 1.54) is 24.0 Å². The zero-order chi connectivity index (χ0) is 14.1. The van der Waals surface area contributed by atoms with Gasteiger partial charge in [0.25, 0.3) is 0 Å². The van der Waals surface area contributed by atoms with E-state index in [1.807, 2.05) is 0 Å². The summed E-state index contributed by atoms with van der Waals surface area (Å²) in [5.41, 5.74) is 3.53. The Morgan fingerprint density at radius 3 is 2.22 bits per heavy atom. The van der Waals surface area contributed by atoms with Crippen LogP contribution in [0.2, 0.25) is 0 Å². The first-order valence-corrected chi connectivity index (χ1v) is 6.98. The van der Waals surface area contributed by atoms with Crippen LogP contribution in [-0.2, 0) is 4.74 Å². The third-order valence-electron chi connectivity index (χ3n) is 3.32. The smallest absolute Gasteiger partial charge is 0.0715 e. The molecule has 0 aromatic carbocycles. The molecule has 0 radical (unpaired) electrons. The van der Waals surface area contributed by atoms with Crippen molar-refractivity contribution in [1.82, 2.24) is 0 Å². The van der Waals surface area contributed by atoms with Crippen molar-refractivity contribution >= 4 is 0 Å². The predicted octanol–water partition coefficient (Wildman–Crippen LogP) is 5.15. The van der Waals surface area contributed by atoms with Gasteiger partial charge in [-0.2, -0.15) is 0 Å². The molecule has 0 aromatic heterocycles. The van der Waals surface area contributed by atoms with Gasteiger partial charge in [-0.25, -0.2) is 0 Å². The SMILES string of the molecule is C=C(/C=C(/COC)C(=C)C(C)CCC(C)C)CC. The first-order valence-electron chi connectivity index (χ1n) is 6.98. The number of methoxy groups -OCH3 is 1. The summed E-state index contributed by atoms with van der Waals surface area (Å²) >= 11 is 0. The van der Waals surface area contributed by atoms with Crippen LogP contribution in [0.1, 0.15) is 47.0 Å². The maximum atomic E-state index is 5.28. The molecule has 0 bridgehead atoms. The zero-order valence-electron chi connectivity index (χ0n) is 12.9. The first-order chi connectivity index (χ1) is 8.42. The maximum Gasteiger partial charge on any atom is 0.0715 e. The molecule has 0 amide bonds. The molecule has 0 heterocycles. The van der Waals surface area contributed by atoms with Crippen molar-refractivity contribution in [2.75, 3.05) is 13.7 Å². The summed E-state index contributed by atoms with van der Waals surface area (Å²) in [5.74, 6) is 1.26. The molecule has 104 valence electrons. The van der Waals surface area contributed by atoms with E-state index in [4.69, 9.17) is 4.74 Å². The summed E-state index contributed by atoms with van der Waals surface area (Å²) in [4.78, 5) is 0. The molecule has 0 aliphatic heterocycles. The molecule has 0 aliphatic rings. The Bertz CT molecular complexity index is 297. The number of rotatable bonds is 9. The normalized spacial score (nSPS) is 13.8. The van der Waals surface area contributed by atoms with Gasteiger partial charge in [0.05, 0.1) is 6.61 Å². The highest BCUT2D eigenvalue weighted by molar-refractivity contribution is 5.36. The van der Waals surface area contributed by atoms with E-state index in [0.29, 0.717) is 12.5 Å². The Hall–Kier alpha value is -0.820. The minimum Gasteiger partial charge on any atom is -0.380 e. The number of hydrogen-bond acceptors (Lipinski definition) is 1. The van der Waals surface area contributed by atoms with Crippen molar-refractivity contribution in [3.05, 3.63) is 36.0 Å². The summed E-state index contributed by atoms with van der Waals surface area (Å²) in [6.07, 6.45) is 5.55. The van der Waals surface area contributed by atoms with Gasteiger partial charge in [0.2, 0.25) is 0 Å². The van der Waals surface area contributed by atoms with Crippen LogP contribution < -0.4 is 0 Å². The van der Waals surface area contributed by atoms with Crippen molar-refractivity contribution < 1.29 is 4.74 Å². The van der Waals surface area contributed by atoms with Crippen LogP contribution in [-0.4, -0.2) is 13.7 Å². The number of ether oxygens (including phenoxy) is 1. The fraction of sp³-hybridized carbons (Fsp3) is 0.647. The van der Waals surface area contributed by atoms with Gasteiger partial charge in [0, 0.05) is 7.11 Å². The fourth-order valence-corrected chi connectivity index (χ4v) is 1.81. The quantitative estimate of drug-likeness (QED) is 0.514. The van der Waals surface area contributed by atoms with Crippen molar-refractivity contribution in [1.29, 1.82) is 0 Å². The molecule has 1 unspecified atom stereocenters. The van der Waals surface area contributed by atoms with Crippen molar-refractivity contribution in [2.45, 2.75) is 47.0 Å². The number of hydrogen-bond donors (Lipinski definition) is 0.